The number of fused-ring (bicyclic) bond motifs is 1. The number of ether oxygens (including phenoxy) is 1. The van der Waals surface area contributed by atoms with Crippen molar-refractivity contribution in [1.29, 1.82) is 0 Å². The minimum Gasteiger partial charge on any atom is -0.489 e. The molecule has 1 saturated heterocycles. The Morgan fingerprint density at radius 1 is 0.914 bits per heavy atom. The average Bonchev–Trinajstić information content (AvgIpc) is 3.33. The van der Waals surface area contributed by atoms with Gasteiger partial charge in [-0.05, 0) is 48.9 Å². The summed E-state index contributed by atoms with van der Waals surface area (Å²) in [6, 6.07) is 19.9. The highest BCUT2D eigenvalue weighted by molar-refractivity contribution is 7.99. The molecule has 6 rings (SSSR count). The molecule has 6 heteroatoms. The van der Waals surface area contributed by atoms with Gasteiger partial charge in [0.05, 0.1) is 0 Å². The highest BCUT2D eigenvalue weighted by atomic mass is 32.2. The van der Waals surface area contributed by atoms with Crippen LogP contribution in [-0.2, 0) is 6.61 Å². The molecule has 1 aliphatic heterocycles. The van der Waals surface area contributed by atoms with Gasteiger partial charge in [0.2, 0.25) is 0 Å². The average molecular weight is 485 g/mol. The molecule has 0 N–H and O–H groups in total. The molecule has 0 radical (unpaired) electrons. The number of aromatic nitrogens is 3. The Morgan fingerprint density at radius 2 is 1.71 bits per heavy atom. The summed E-state index contributed by atoms with van der Waals surface area (Å²) >= 11 is 2.10. The van der Waals surface area contributed by atoms with Crippen molar-refractivity contribution in [3.63, 3.8) is 0 Å². The third-order valence-corrected chi connectivity index (χ3v) is 8.45. The molecule has 1 aliphatic carbocycles. The molecule has 0 spiro atoms. The van der Waals surface area contributed by atoms with E-state index in [-0.39, 0.29) is 0 Å². The predicted octanol–water partition coefficient (Wildman–Crippen LogP) is 6.21. The minimum atomic E-state index is 0.495. The van der Waals surface area contributed by atoms with E-state index in [1.165, 1.54) is 61.4 Å². The van der Waals surface area contributed by atoms with Gasteiger partial charge in [-0.15, -0.1) is 0 Å². The fourth-order valence-electron chi connectivity index (χ4n) is 5.64. The fraction of sp³-hybridized carbons (Fsp3) is 0.379. The second-order valence-corrected chi connectivity index (χ2v) is 10.8. The molecule has 3 heterocycles. The third kappa shape index (κ3) is 4.95. The second-order valence-electron chi connectivity index (χ2n) is 9.62. The summed E-state index contributed by atoms with van der Waals surface area (Å²) < 4.78 is 8.54. The lowest BCUT2D eigenvalue weighted by Crippen LogP contribution is -2.43. The van der Waals surface area contributed by atoms with E-state index in [1.807, 2.05) is 30.5 Å². The Balaban J connectivity index is 1.23. The van der Waals surface area contributed by atoms with Gasteiger partial charge in [0.15, 0.2) is 0 Å². The van der Waals surface area contributed by atoms with Crippen LogP contribution < -0.4 is 4.74 Å². The standard InChI is InChI=1S/C29H32N4OS/c1-2-5-22(6-3-1)20-34-26-8-4-7-23(17-26)28-19-33(29-27(28)18-30-21-31-29)25-11-9-24(10-12-25)32-13-15-35-16-14-32/h1-8,17-19,21,24-25H,9-16,20H2/t24-,25-. The highest BCUT2D eigenvalue weighted by Gasteiger charge is 2.29. The molecule has 35 heavy (non-hydrogen) atoms. The van der Waals surface area contributed by atoms with Crippen LogP contribution in [-0.4, -0.2) is 50.1 Å². The van der Waals surface area contributed by atoms with E-state index in [1.54, 1.807) is 6.33 Å². The van der Waals surface area contributed by atoms with Crippen molar-refractivity contribution in [2.45, 2.75) is 44.4 Å². The Labute approximate surface area is 211 Å². The van der Waals surface area contributed by atoms with Crippen molar-refractivity contribution >= 4 is 22.8 Å². The van der Waals surface area contributed by atoms with Gasteiger partial charge in [-0.1, -0.05) is 42.5 Å². The fourth-order valence-corrected chi connectivity index (χ4v) is 6.57. The van der Waals surface area contributed by atoms with Crippen molar-refractivity contribution in [2.75, 3.05) is 24.6 Å². The zero-order chi connectivity index (χ0) is 23.5. The van der Waals surface area contributed by atoms with Crippen LogP contribution in [0.4, 0.5) is 0 Å². The summed E-state index contributed by atoms with van der Waals surface area (Å²) in [5, 5.41) is 1.11. The van der Waals surface area contributed by atoms with E-state index in [2.05, 4.69) is 62.7 Å². The second kappa shape index (κ2) is 10.4. The number of nitrogens with zero attached hydrogens (tertiary/aromatic N) is 4. The highest BCUT2D eigenvalue weighted by Crippen LogP contribution is 2.38. The summed E-state index contributed by atoms with van der Waals surface area (Å²) in [5.74, 6) is 3.46. The lowest BCUT2D eigenvalue weighted by Gasteiger charge is -2.39. The van der Waals surface area contributed by atoms with Crippen LogP contribution in [0.15, 0.2) is 73.3 Å². The first-order chi connectivity index (χ1) is 17.3. The number of thioether (sulfide) groups is 1. The van der Waals surface area contributed by atoms with Gasteiger partial charge in [0.25, 0.3) is 0 Å². The maximum absolute atomic E-state index is 6.11. The zero-order valence-corrected chi connectivity index (χ0v) is 20.9. The maximum atomic E-state index is 6.11. The first-order valence-corrected chi connectivity index (χ1v) is 13.9. The van der Waals surface area contributed by atoms with Crippen molar-refractivity contribution < 1.29 is 4.74 Å². The largest absolute Gasteiger partial charge is 0.489 e. The van der Waals surface area contributed by atoms with Crippen molar-refractivity contribution in [1.82, 2.24) is 19.4 Å². The quantitative estimate of drug-likeness (QED) is 0.325. The lowest BCUT2D eigenvalue weighted by molar-refractivity contribution is 0.151. The van der Waals surface area contributed by atoms with Crippen LogP contribution in [0.25, 0.3) is 22.2 Å². The van der Waals surface area contributed by atoms with E-state index in [0.717, 1.165) is 28.4 Å². The van der Waals surface area contributed by atoms with Crippen LogP contribution >= 0.6 is 11.8 Å². The molecular weight excluding hydrogens is 452 g/mol. The smallest absolute Gasteiger partial charge is 0.144 e. The Hall–Kier alpha value is -2.83. The Bertz CT molecular complexity index is 1260. The van der Waals surface area contributed by atoms with Crippen LogP contribution in [0.3, 0.4) is 0 Å². The first kappa shape index (κ1) is 22.6. The number of hydrogen-bond acceptors (Lipinski definition) is 5. The van der Waals surface area contributed by atoms with Gasteiger partial charge in [0, 0.05) is 60.0 Å². The third-order valence-electron chi connectivity index (χ3n) is 7.51. The number of rotatable bonds is 6. The molecule has 0 unspecified atom stereocenters. The van der Waals surface area contributed by atoms with Gasteiger partial charge in [-0.2, -0.15) is 11.8 Å². The molecule has 0 bridgehead atoms. The van der Waals surface area contributed by atoms with Crippen molar-refractivity contribution in [2.24, 2.45) is 0 Å². The topological polar surface area (TPSA) is 43.2 Å². The molecule has 2 fully saturated rings. The zero-order valence-electron chi connectivity index (χ0n) is 20.1. The predicted molar refractivity (Wildman–Crippen MR) is 144 cm³/mol. The van der Waals surface area contributed by atoms with Gasteiger partial charge >= 0.3 is 0 Å². The normalized spacial score (nSPS) is 21.3. The molecule has 2 aromatic carbocycles. The van der Waals surface area contributed by atoms with E-state index in [9.17, 15) is 0 Å². The molecule has 2 aliphatic rings. The Kier molecular flexibility index (Phi) is 6.74. The van der Waals surface area contributed by atoms with Gasteiger partial charge in [-0.25, -0.2) is 9.97 Å². The number of benzene rings is 2. The van der Waals surface area contributed by atoms with Crippen LogP contribution in [0.5, 0.6) is 5.75 Å². The Morgan fingerprint density at radius 3 is 2.54 bits per heavy atom. The first-order valence-electron chi connectivity index (χ1n) is 12.7. The monoisotopic (exact) mass is 484 g/mol. The van der Waals surface area contributed by atoms with Crippen LogP contribution in [0, 0.1) is 0 Å². The SMILES string of the molecule is c1ccc(COc2cccc(-c3cn([C@H]4CC[C@H](N5CCSCC5)CC4)c4ncncc34)c2)cc1. The van der Waals surface area contributed by atoms with E-state index in [4.69, 9.17) is 9.72 Å². The molecule has 0 amide bonds. The van der Waals surface area contributed by atoms with Crippen molar-refractivity contribution in [3.8, 4) is 16.9 Å². The van der Waals surface area contributed by atoms with E-state index < -0.39 is 0 Å². The summed E-state index contributed by atoms with van der Waals surface area (Å²) in [6.07, 6.45) is 10.9. The van der Waals surface area contributed by atoms with Crippen LogP contribution in [0.2, 0.25) is 0 Å². The molecule has 180 valence electrons. The van der Waals surface area contributed by atoms with Gasteiger partial charge in [-0.3, -0.25) is 4.90 Å². The molecule has 2 aromatic heterocycles. The summed E-state index contributed by atoms with van der Waals surface area (Å²) in [7, 11) is 0. The molecule has 0 atom stereocenters. The molecule has 4 aromatic rings. The van der Waals surface area contributed by atoms with E-state index >= 15 is 0 Å². The van der Waals surface area contributed by atoms with Gasteiger partial charge in [0.1, 0.15) is 24.3 Å². The van der Waals surface area contributed by atoms with Crippen LogP contribution in [0.1, 0.15) is 37.3 Å². The van der Waals surface area contributed by atoms with Crippen molar-refractivity contribution in [3.05, 3.63) is 78.9 Å². The van der Waals surface area contributed by atoms with E-state index in [0.29, 0.717) is 12.6 Å². The summed E-state index contributed by atoms with van der Waals surface area (Å²) in [5.41, 5.74) is 4.54. The maximum Gasteiger partial charge on any atom is 0.144 e. The molecular formula is C29H32N4OS. The number of hydrogen-bond donors (Lipinski definition) is 0. The molecule has 1 saturated carbocycles. The summed E-state index contributed by atoms with van der Waals surface area (Å²) in [6.45, 7) is 3.08. The minimum absolute atomic E-state index is 0.495. The molecule has 5 nitrogen and oxygen atoms in total. The summed E-state index contributed by atoms with van der Waals surface area (Å²) in [4.78, 5) is 11.8. The lowest BCUT2D eigenvalue weighted by atomic mass is 9.90. The van der Waals surface area contributed by atoms with Gasteiger partial charge < -0.3 is 9.30 Å².